The summed E-state index contributed by atoms with van der Waals surface area (Å²) in [7, 11) is 0. The molecule has 0 radical (unpaired) electrons. The highest BCUT2D eigenvalue weighted by atomic mass is 16.3. The van der Waals surface area contributed by atoms with E-state index in [1.165, 1.54) is 0 Å². The number of nitrogens with one attached hydrogen (secondary N) is 2. The molecule has 0 fully saturated rings. The summed E-state index contributed by atoms with van der Waals surface area (Å²) in [5.74, 6) is -0.482. The molecule has 19 heavy (non-hydrogen) atoms. The molecular formula is C14H20N2O3. The van der Waals surface area contributed by atoms with E-state index in [4.69, 9.17) is 5.11 Å². The van der Waals surface area contributed by atoms with Crippen molar-refractivity contribution < 1.29 is 14.7 Å². The number of benzene rings is 1. The van der Waals surface area contributed by atoms with Crippen molar-refractivity contribution in [1.82, 2.24) is 10.6 Å². The number of carbonyl (C=O) groups is 2. The second kappa shape index (κ2) is 8.26. The lowest BCUT2D eigenvalue weighted by Gasteiger charge is -2.06. The lowest BCUT2D eigenvalue weighted by molar-refractivity contribution is -0.120. The lowest BCUT2D eigenvalue weighted by atomic mass is 10.1. The predicted octanol–water partition coefficient (Wildman–Crippen LogP) is 0.614. The Morgan fingerprint density at radius 1 is 1.11 bits per heavy atom. The molecule has 0 unspecified atom stereocenters. The molecule has 0 aliphatic rings. The number of rotatable bonds is 7. The maximum Gasteiger partial charge on any atom is 0.251 e. The zero-order valence-corrected chi connectivity index (χ0v) is 11.1. The fourth-order valence-corrected chi connectivity index (χ4v) is 1.49. The van der Waals surface area contributed by atoms with Gasteiger partial charge in [-0.15, -0.1) is 0 Å². The van der Waals surface area contributed by atoms with Gasteiger partial charge in [-0.05, 0) is 31.9 Å². The van der Waals surface area contributed by atoms with Crippen molar-refractivity contribution in [2.75, 3.05) is 19.7 Å². The lowest BCUT2D eigenvalue weighted by Crippen LogP contribution is -2.37. The van der Waals surface area contributed by atoms with Crippen molar-refractivity contribution in [1.29, 1.82) is 0 Å². The standard InChI is InChI=1S/C14H20N2O3/c1-11-4-6-12(7-5-11)14(19)16-10-13(18)15-8-2-3-9-17/h4-7,17H,2-3,8-10H2,1H3,(H,15,18)(H,16,19). The van der Waals surface area contributed by atoms with Crippen LogP contribution in [-0.4, -0.2) is 36.6 Å². The van der Waals surface area contributed by atoms with Crippen LogP contribution in [0.5, 0.6) is 0 Å². The summed E-state index contributed by atoms with van der Waals surface area (Å²) >= 11 is 0. The molecular weight excluding hydrogens is 244 g/mol. The highest BCUT2D eigenvalue weighted by molar-refractivity contribution is 5.96. The highest BCUT2D eigenvalue weighted by Crippen LogP contribution is 2.02. The van der Waals surface area contributed by atoms with Gasteiger partial charge in [0.25, 0.3) is 5.91 Å². The van der Waals surface area contributed by atoms with Crippen molar-refractivity contribution >= 4 is 11.8 Å². The van der Waals surface area contributed by atoms with Gasteiger partial charge in [0.2, 0.25) is 5.91 Å². The Hall–Kier alpha value is -1.88. The van der Waals surface area contributed by atoms with Crippen molar-refractivity contribution in [2.45, 2.75) is 19.8 Å². The van der Waals surface area contributed by atoms with Crippen LogP contribution in [0.2, 0.25) is 0 Å². The molecule has 0 saturated heterocycles. The van der Waals surface area contributed by atoms with Crippen LogP contribution in [0.25, 0.3) is 0 Å². The molecule has 0 bridgehead atoms. The molecule has 5 heteroatoms. The van der Waals surface area contributed by atoms with Crippen LogP contribution in [0.1, 0.15) is 28.8 Å². The fraction of sp³-hybridized carbons (Fsp3) is 0.429. The molecule has 0 spiro atoms. The van der Waals surface area contributed by atoms with E-state index in [-0.39, 0.29) is 25.0 Å². The molecule has 0 heterocycles. The van der Waals surface area contributed by atoms with Gasteiger partial charge in [-0.25, -0.2) is 0 Å². The van der Waals surface area contributed by atoms with Gasteiger partial charge >= 0.3 is 0 Å². The fourth-order valence-electron chi connectivity index (χ4n) is 1.49. The van der Waals surface area contributed by atoms with Crippen LogP contribution in [-0.2, 0) is 4.79 Å². The van der Waals surface area contributed by atoms with Crippen molar-refractivity contribution in [3.8, 4) is 0 Å². The second-order valence-electron chi connectivity index (χ2n) is 4.33. The maximum atomic E-state index is 11.7. The maximum absolute atomic E-state index is 11.7. The second-order valence-corrected chi connectivity index (χ2v) is 4.33. The van der Waals surface area contributed by atoms with Gasteiger partial charge in [0.05, 0.1) is 6.54 Å². The minimum Gasteiger partial charge on any atom is -0.396 e. The third kappa shape index (κ3) is 6.01. The Balaban J connectivity index is 2.26. The number of hydrogen-bond acceptors (Lipinski definition) is 3. The van der Waals surface area contributed by atoms with E-state index in [9.17, 15) is 9.59 Å². The van der Waals surface area contributed by atoms with E-state index >= 15 is 0 Å². The normalized spacial score (nSPS) is 10.0. The van der Waals surface area contributed by atoms with E-state index < -0.39 is 0 Å². The Morgan fingerprint density at radius 3 is 2.42 bits per heavy atom. The van der Waals surface area contributed by atoms with Crippen molar-refractivity contribution in [3.05, 3.63) is 35.4 Å². The van der Waals surface area contributed by atoms with Gasteiger partial charge in [-0.1, -0.05) is 17.7 Å². The average Bonchev–Trinajstić information content (AvgIpc) is 2.42. The van der Waals surface area contributed by atoms with Crippen molar-refractivity contribution in [3.63, 3.8) is 0 Å². The van der Waals surface area contributed by atoms with Crippen LogP contribution < -0.4 is 10.6 Å². The van der Waals surface area contributed by atoms with Crippen LogP contribution in [0.4, 0.5) is 0 Å². The Bertz CT molecular complexity index is 415. The first kappa shape index (κ1) is 15.2. The number of carbonyl (C=O) groups excluding carboxylic acids is 2. The molecule has 0 aromatic heterocycles. The summed E-state index contributed by atoms with van der Waals surface area (Å²) in [4.78, 5) is 23.1. The van der Waals surface area contributed by atoms with Gasteiger partial charge in [-0.2, -0.15) is 0 Å². The highest BCUT2D eigenvalue weighted by Gasteiger charge is 2.07. The summed E-state index contributed by atoms with van der Waals surface area (Å²) < 4.78 is 0. The van der Waals surface area contributed by atoms with Crippen LogP contribution >= 0.6 is 0 Å². The van der Waals surface area contributed by atoms with Gasteiger partial charge in [-0.3, -0.25) is 9.59 Å². The molecule has 2 amide bonds. The molecule has 0 aliphatic carbocycles. The first-order valence-electron chi connectivity index (χ1n) is 6.36. The Kier molecular flexibility index (Phi) is 6.60. The van der Waals surface area contributed by atoms with E-state index in [1.54, 1.807) is 12.1 Å². The van der Waals surface area contributed by atoms with Crippen LogP contribution in [0.15, 0.2) is 24.3 Å². The summed E-state index contributed by atoms with van der Waals surface area (Å²) in [6, 6.07) is 7.15. The predicted molar refractivity (Wildman–Crippen MR) is 72.8 cm³/mol. The van der Waals surface area contributed by atoms with Gasteiger partial charge in [0.15, 0.2) is 0 Å². The van der Waals surface area contributed by atoms with E-state index in [0.29, 0.717) is 18.5 Å². The number of aliphatic hydroxyl groups excluding tert-OH is 1. The molecule has 0 saturated carbocycles. The van der Waals surface area contributed by atoms with E-state index in [1.807, 2.05) is 19.1 Å². The van der Waals surface area contributed by atoms with Crippen molar-refractivity contribution in [2.24, 2.45) is 0 Å². The minimum atomic E-state index is -0.259. The minimum absolute atomic E-state index is 0.0359. The molecule has 104 valence electrons. The summed E-state index contributed by atoms with van der Waals surface area (Å²) in [6.07, 6.45) is 1.39. The first-order valence-corrected chi connectivity index (χ1v) is 6.36. The van der Waals surface area contributed by atoms with Gasteiger partial charge in [0.1, 0.15) is 0 Å². The largest absolute Gasteiger partial charge is 0.396 e. The number of amides is 2. The molecule has 0 aliphatic heterocycles. The van der Waals surface area contributed by atoms with Crippen LogP contribution in [0.3, 0.4) is 0 Å². The topological polar surface area (TPSA) is 78.4 Å². The monoisotopic (exact) mass is 264 g/mol. The SMILES string of the molecule is Cc1ccc(C(=O)NCC(=O)NCCCCO)cc1. The summed E-state index contributed by atoms with van der Waals surface area (Å²) in [5, 5.41) is 13.8. The summed E-state index contributed by atoms with van der Waals surface area (Å²) in [6.45, 7) is 2.55. The number of aliphatic hydroxyl groups is 1. The third-order valence-corrected chi connectivity index (χ3v) is 2.63. The van der Waals surface area contributed by atoms with Gasteiger partial charge in [0, 0.05) is 18.7 Å². The zero-order chi connectivity index (χ0) is 14.1. The third-order valence-electron chi connectivity index (χ3n) is 2.63. The first-order chi connectivity index (χ1) is 9.13. The average molecular weight is 264 g/mol. The van der Waals surface area contributed by atoms with Crippen LogP contribution in [0, 0.1) is 6.92 Å². The molecule has 1 aromatic carbocycles. The molecule has 0 atom stereocenters. The smallest absolute Gasteiger partial charge is 0.251 e. The van der Waals surface area contributed by atoms with Gasteiger partial charge < -0.3 is 15.7 Å². The molecule has 3 N–H and O–H groups in total. The van der Waals surface area contributed by atoms with E-state index in [2.05, 4.69) is 10.6 Å². The summed E-state index contributed by atoms with van der Waals surface area (Å²) in [5.41, 5.74) is 1.62. The van der Waals surface area contributed by atoms with E-state index in [0.717, 1.165) is 12.0 Å². The number of hydrogen-bond donors (Lipinski definition) is 3. The Morgan fingerprint density at radius 2 is 1.79 bits per heavy atom. The number of aryl methyl sites for hydroxylation is 1. The molecule has 5 nitrogen and oxygen atoms in total. The Labute approximate surface area is 113 Å². The zero-order valence-electron chi connectivity index (χ0n) is 11.1. The molecule has 1 aromatic rings. The quantitative estimate of drug-likeness (QED) is 0.631. The molecule has 1 rings (SSSR count). The number of unbranched alkanes of at least 4 members (excludes halogenated alkanes) is 1.